The molecule has 5 rings (SSSR count). The van der Waals surface area contributed by atoms with Gasteiger partial charge in [-0.3, -0.25) is 4.79 Å². The van der Waals surface area contributed by atoms with Crippen LogP contribution in [0.2, 0.25) is 0 Å². The third-order valence-corrected chi connectivity index (χ3v) is 6.07. The van der Waals surface area contributed by atoms with Crippen molar-refractivity contribution >= 4 is 17.6 Å². The Balaban J connectivity index is 1.65. The highest BCUT2D eigenvalue weighted by atomic mass is 16.5. The first kappa shape index (κ1) is 21.5. The summed E-state index contributed by atoms with van der Waals surface area (Å²) < 4.78 is 5.83. The second-order valence-electron chi connectivity index (χ2n) is 8.32. The van der Waals surface area contributed by atoms with Crippen LogP contribution in [0.5, 0.6) is 5.75 Å². The molecule has 0 saturated heterocycles. The third-order valence-electron chi connectivity index (χ3n) is 6.07. The van der Waals surface area contributed by atoms with Crippen LogP contribution in [0.3, 0.4) is 0 Å². The Morgan fingerprint density at radius 1 is 0.765 bits per heavy atom. The molecule has 0 saturated carbocycles. The van der Waals surface area contributed by atoms with Gasteiger partial charge in [0.1, 0.15) is 5.75 Å². The lowest BCUT2D eigenvalue weighted by atomic mass is 9.77. The molecule has 0 unspecified atom stereocenters. The van der Waals surface area contributed by atoms with Crippen LogP contribution in [0, 0.1) is 0 Å². The number of ether oxygens (including phenoxy) is 1. The van der Waals surface area contributed by atoms with Crippen LogP contribution in [0.4, 0.5) is 5.69 Å². The minimum Gasteiger partial charge on any atom is -0.424 e. The largest absolute Gasteiger partial charge is 0.424 e. The van der Waals surface area contributed by atoms with Crippen LogP contribution in [-0.2, 0) is 11.2 Å². The number of benzene rings is 4. The minimum absolute atomic E-state index is 0.254. The van der Waals surface area contributed by atoms with Gasteiger partial charge in [-0.05, 0) is 35.9 Å². The van der Waals surface area contributed by atoms with Crippen LogP contribution in [0.1, 0.15) is 27.5 Å². The molecule has 1 amide bonds. The number of amides is 1. The van der Waals surface area contributed by atoms with E-state index in [1.165, 1.54) is 0 Å². The molecule has 0 radical (unpaired) electrons. The summed E-state index contributed by atoms with van der Waals surface area (Å²) in [5.74, 6) is -0.362. The molecular formula is C29H24N2O3. The number of anilines is 1. The number of esters is 1. The van der Waals surface area contributed by atoms with E-state index < -0.39 is 17.6 Å². The van der Waals surface area contributed by atoms with E-state index in [0.29, 0.717) is 11.3 Å². The monoisotopic (exact) mass is 448 g/mol. The van der Waals surface area contributed by atoms with Crippen LogP contribution >= 0.6 is 0 Å². The van der Waals surface area contributed by atoms with Crippen molar-refractivity contribution in [2.75, 3.05) is 5.32 Å². The van der Waals surface area contributed by atoms with Crippen LogP contribution < -0.4 is 15.4 Å². The number of hydrogen-bond acceptors (Lipinski definition) is 4. The van der Waals surface area contributed by atoms with Gasteiger partial charge >= 0.3 is 5.97 Å². The van der Waals surface area contributed by atoms with Crippen molar-refractivity contribution < 1.29 is 14.3 Å². The Hall–Kier alpha value is -4.38. The Kier molecular flexibility index (Phi) is 5.83. The molecule has 2 N–H and O–H groups in total. The first-order chi connectivity index (χ1) is 16.7. The molecule has 34 heavy (non-hydrogen) atoms. The number of fused-ring (bicyclic) bond motifs is 1. The second-order valence-corrected chi connectivity index (χ2v) is 8.32. The van der Waals surface area contributed by atoms with E-state index in [1.54, 1.807) is 30.3 Å². The summed E-state index contributed by atoms with van der Waals surface area (Å²) in [6, 6.07) is 35.1. The van der Waals surface area contributed by atoms with E-state index in [-0.39, 0.29) is 12.3 Å². The fourth-order valence-corrected chi connectivity index (χ4v) is 4.41. The standard InChI is InChI=1S/C29H24N2O3/c32-27(22-14-6-2-7-15-22)31-29(20-21-12-4-1-5-13-21)26(30-23-16-8-3-9-17-23)24-18-10-11-19-25(24)34-28(29)33/h1-19,26,30H,20H2,(H,31,32)/t26-,29-/m0/s1. The predicted octanol–water partition coefficient (Wildman–Crippen LogP) is 5.17. The summed E-state index contributed by atoms with van der Waals surface area (Å²) in [6.45, 7) is 0. The van der Waals surface area contributed by atoms with Crippen LogP contribution in [0.15, 0.2) is 115 Å². The lowest BCUT2D eigenvalue weighted by molar-refractivity contribution is -0.144. The van der Waals surface area contributed by atoms with E-state index >= 15 is 0 Å². The molecule has 4 aromatic rings. The van der Waals surface area contributed by atoms with E-state index in [0.717, 1.165) is 16.8 Å². The van der Waals surface area contributed by atoms with Crippen LogP contribution in [0.25, 0.3) is 0 Å². The number of rotatable bonds is 6. The maximum Gasteiger partial charge on any atom is 0.340 e. The Labute approximate surface area is 198 Å². The molecule has 168 valence electrons. The maximum atomic E-state index is 13.8. The molecule has 5 heteroatoms. The van der Waals surface area contributed by atoms with Gasteiger partial charge in [0.05, 0.1) is 6.04 Å². The third kappa shape index (κ3) is 4.16. The van der Waals surface area contributed by atoms with Crippen molar-refractivity contribution in [1.82, 2.24) is 5.32 Å². The molecule has 0 spiro atoms. The van der Waals surface area contributed by atoms with Gasteiger partial charge in [-0.25, -0.2) is 4.79 Å². The second kappa shape index (κ2) is 9.24. The smallest absolute Gasteiger partial charge is 0.340 e. The van der Waals surface area contributed by atoms with Gasteiger partial charge in [0.15, 0.2) is 5.54 Å². The van der Waals surface area contributed by atoms with Gasteiger partial charge in [0.2, 0.25) is 0 Å². The summed E-state index contributed by atoms with van der Waals surface area (Å²) >= 11 is 0. The molecule has 0 bridgehead atoms. The average Bonchev–Trinajstić information content (AvgIpc) is 2.88. The Bertz CT molecular complexity index is 1290. The minimum atomic E-state index is -1.39. The van der Waals surface area contributed by atoms with Gasteiger partial charge in [-0.15, -0.1) is 0 Å². The zero-order valence-electron chi connectivity index (χ0n) is 18.5. The lowest BCUT2D eigenvalue weighted by Gasteiger charge is -2.43. The van der Waals surface area contributed by atoms with Gasteiger partial charge in [0, 0.05) is 23.2 Å². The van der Waals surface area contributed by atoms with Gasteiger partial charge in [-0.1, -0.05) is 84.9 Å². The quantitative estimate of drug-likeness (QED) is 0.315. The Morgan fingerprint density at radius 2 is 1.35 bits per heavy atom. The number of carbonyl (C=O) groups is 2. The summed E-state index contributed by atoms with van der Waals surface area (Å²) in [6.07, 6.45) is 0.254. The van der Waals surface area contributed by atoms with Crippen molar-refractivity contribution in [2.45, 2.75) is 18.0 Å². The highest BCUT2D eigenvalue weighted by Gasteiger charge is 2.53. The SMILES string of the molecule is O=C(N[C@]1(Cc2ccccc2)C(=O)Oc2ccccc2[C@@H]1Nc1ccccc1)c1ccccc1. The normalized spacial score (nSPS) is 18.9. The number of para-hydroxylation sites is 2. The summed E-state index contributed by atoms with van der Waals surface area (Å²) in [5.41, 5.74) is 1.63. The summed E-state index contributed by atoms with van der Waals surface area (Å²) in [7, 11) is 0. The van der Waals surface area contributed by atoms with Crippen molar-refractivity contribution in [1.29, 1.82) is 0 Å². The van der Waals surface area contributed by atoms with Gasteiger partial charge in [0.25, 0.3) is 5.91 Å². The highest BCUT2D eigenvalue weighted by molar-refractivity contribution is 6.00. The molecule has 4 aromatic carbocycles. The van der Waals surface area contributed by atoms with E-state index in [2.05, 4.69) is 10.6 Å². The fraction of sp³-hybridized carbons (Fsp3) is 0.103. The molecular weight excluding hydrogens is 424 g/mol. The van der Waals surface area contributed by atoms with E-state index in [9.17, 15) is 9.59 Å². The highest BCUT2D eigenvalue weighted by Crippen LogP contribution is 2.42. The molecule has 5 nitrogen and oxygen atoms in total. The van der Waals surface area contributed by atoms with Crippen molar-refractivity contribution in [3.8, 4) is 5.75 Å². The molecule has 0 aromatic heterocycles. The average molecular weight is 449 g/mol. The van der Waals surface area contributed by atoms with Gasteiger partial charge in [-0.2, -0.15) is 0 Å². The summed E-state index contributed by atoms with van der Waals surface area (Å²) in [5, 5.41) is 6.60. The molecule has 1 aliphatic heterocycles. The molecule has 0 aliphatic carbocycles. The number of hydrogen-bond donors (Lipinski definition) is 2. The topological polar surface area (TPSA) is 67.4 Å². The zero-order chi connectivity index (χ0) is 23.4. The predicted molar refractivity (Wildman–Crippen MR) is 132 cm³/mol. The van der Waals surface area contributed by atoms with Crippen molar-refractivity contribution in [2.24, 2.45) is 0 Å². The maximum absolute atomic E-state index is 13.8. The molecule has 1 aliphatic rings. The van der Waals surface area contributed by atoms with Crippen molar-refractivity contribution in [3.05, 3.63) is 132 Å². The van der Waals surface area contributed by atoms with E-state index in [1.807, 2.05) is 84.9 Å². The van der Waals surface area contributed by atoms with Crippen molar-refractivity contribution in [3.63, 3.8) is 0 Å². The van der Waals surface area contributed by atoms with Crippen LogP contribution in [-0.4, -0.2) is 17.4 Å². The zero-order valence-corrected chi connectivity index (χ0v) is 18.5. The first-order valence-electron chi connectivity index (χ1n) is 11.2. The van der Waals surface area contributed by atoms with E-state index in [4.69, 9.17) is 4.74 Å². The number of nitrogens with one attached hydrogen (secondary N) is 2. The fourth-order valence-electron chi connectivity index (χ4n) is 4.41. The lowest BCUT2D eigenvalue weighted by Crippen LogP contribution is -2.64. The number of carbonyl (C=O) groups excluding carboxylic acids is 2. The summed E-state index contributed by atoms with van der Waals surface area (Å²) in [4.78, 5) is 27.2. The first-order valence-corrected chi connectivity index (χ1v) is 11.2. The Morgan fingerprint density at radius 3 is 2.06 bits per heavy atom. The molecule has 2 atom stereocenters. The molecule has 0 fully saturated rings. The molecule has 1 heterocycles. The van der Waals surface area contributed by atoms with Gasteiger partial charge < -0.3 is 15.4 Å².